The largest absolute Gasteiger partial charge is 0.306 e. The molecule has 0 saturated carbocycles. The van der Waals surface area contributed by atoms with Crippen molar-refractivity contribution in [1.82, 2.24) is 5.32 Å². The summed E-state index contributed by atoms with van der Waals surface area (Å²) in [6.07, 6.45) is 0. The Morgan fingerprint density at radius 3 is 2.35 bits per heavy atom. The van der Waals surface area contributed by atoms with Crippen molar-refractivity contribution in [2.75, 3.05) is 6.54 Å². The second-order valence-corrected chi connectivity index (χ2v) is 5.07. The van der Waals surface area contributed by atoms with Gasteiger partial charge in [-0.3, -0.25) is 0 Å². The van der Waals surface area contributed by atoms with Crippen LogP contribution in [0.2, 0.25) is 5.02 Å². The quantitative estimate of drug-likeness (QED) is 0.867. The van der Waals surface area contributed by atoms with Crippen LogP contribution in [0, 0.1) is 18.6 Å². The van der Waals surface area contributed by atoms with Crippen LogP contribution in [0.25, 0.3) is 0 Å². The van der Waals surface area contributed by atoms with Crippen molar-refractivity contribution in [3.8, 4) is 0 Å². The molecule has 2 rings (SSSR count). The minimum absolute atomic E-state index is 0.0502. The molecule has 1 unspecified atom stereocenters. The first kappa shape index (κ1) is 14.9. The smallest absolute Gasteiger partial charge is 0.134 e. The molecule has 4 heteroatoms. The topological polar surface area (TPSA) is 12.0 Å². The Labute approximate surface area is 122 Å². The Hall–Kier alpha value is -1.45. The molecule has 0 radical (unpaired) electrons. The lowest BCUT2D eigenvalue weighted by Gasteiger charge is -2.21. The van der Waals surface area contributed by atoms with E-state index in [0.717, 1.165) is 5.56 Å². The number of hydrogen-bond donors (Lipinski definition) is 1. The van der Waals surface area contributed by atoms with E-state index in [9.17, 15) is 8.78 Å². The van der Waals surface area contributed by atoms with Crippen LogP contribution in [0.5, 0.6) is 0 Å². The minimum atomic E-state index is -0.547. The predicted octanol–water partition coefficient (Wildman–Crippen LogP) is 4.63. The van der Waals surface area contributed by atoms with Gasteiger partial charge in [0.15, 0.2) is 0 Å². The molecule has 0 fully saturated rings. The van der Waals surface area contributed by atoms with Gasteiger partial charge in [0.2, 0.25) is 0 Å². The van der Waals surface area contributed by atoms with Crippen molar-refractivity contribution in [2.45, 2.75) is 19.9 Å². The first-order valence-corrected chi connectivity index (χ1v) is 6.85. The first-order chi connectivity index (χ1) is 9.54. The molecule has 0 heterocycles. The van der Waals surface area contributed by atoms with Crippen LogP contribution >= 0.6 is 11.6 Å². The first-order valence-electron chi connectivity index (χ1n) is 6.48. The third-order valence-electron chi connectivity index (χ3n) is 3.22. The lowest BCUT2D eigenvalue weighted by atomic mass is 9.96. The number of aryl methyl sites for hydroxylation is 1. The van der Waals surface area contributed by atoms with Gasteiger partial charge in [-0.2, -0.15) is 0 Å². The SMILES string of the molecule is CCNC(c1ccc(Cl)cc1)c1c(F)ccc(C)c1F. The lowest BCUT2D eigenvalue weighted by Crippen LogP contribution is -2.24. The Morgan fingerprint density at radius 1 is 1.10 bits per heavy atom. The Kier molecular flexibility index (Phi) is 4.73. The molecule has 20 heavy (non-hydrogen) atoms. The summed E-state index contributed by atoms with van der Waals surface area (Å²) >= 11 is 5.86. The van der Waals surface area contributed by atoms with Crippen LogP contribution in [-0.2, 0) is 0 Å². The van der Waals surface area contributed by atoms with Crippen LogP contribution in [0.4, 0.5) is 8.78 Å². The van der Waals surface area contributed by atoms with Crippen LogP contribution in [0.1, 0.15) is 29.7 Å². The van der Waals surface area contributed by atoms with Gasteiger partial charge in [-0.15, -0.1) is 0 Å². The molecule has 0 aliphatic carbocycles. The molecule has 0 aromatic heterocycles. The van der Waals surface area contributed by atoms with Crippen molar-refractivity contribution in [1.29, 1.82) is 0 Å². The molecule has 1 nitrogen and oxygen atoms in total. The van der Waals surface area contributed by atoms with Crippen LogP contribution in [0.3, 0.4) is 0 Å². The highest BCUT2D eigenvalue weighted by molar-refractivity contribution is 6.30. The minimum Gasteiger partial charge on any atom is -0.306 e. The molecule has 0 aliphatic rings. The molecular weight excluding hydrogens is 280 g/mol. The average Bonchev–Trinajstić information content (AvgIpc) is 2.43. The van der Waals surface area contributed by atoms with E-state index in [1.807, 2.05) is 6.92 Å². The van der Waals surface area contributed by atoms with Crippen LogP contribution in [-0.4, -0.2) is 6.54 Å². The van der Waals surface area contributed by atoms with Crippen molar-refractivity contribution >= 4 is 11.6 Å². The highest BCUT2D eigenvalue weighted by atomic mass is 35.5. The summed E-state index contributed by atoms with van der Waals surface area (Å²) in [6, 6.07) is 9.19. The van der Waals surface area contributed by atoms with E-state index >= 15 is 0 Å². The lowest BCUT2D eigenvalue weighted by molar-refractivity contribution is 0.506. The van der Waals surface area contributed by atoms with Crippen molar-refractivity contribution < 1.29 is 8.78 Å². The van der Waals surface area contributed by atoms with E-state index < -0.39 is 17.7 Å². The number of halogens is 3. The van der Waals surface area contributed by atoms with Crippen LogP contribution in [0.15, 0.2) is 36.4 Å². The summed E-state index contributed by atoms with van der Waals surface area (Å²) in [5, 5.41) is 3.71. The Morgan fingerprint density at radius 2 is 1.75 bits per heavy atom. The third kappa shape index (κ3) is 3.00. The normalized spacial score (nSPS) is 12.4. The molecule has 0 aliphatic heterocycles. The van der Waals surface area contributed by atoms with Gasteiger partial charge in [-0.1, -0.05) is 36.7 Å². The molecule has 2 aromatic rings. The Balaban J connectivity index is 2.54. The van der Waals surface area contributed by atoms with Gasteiger partial charge < -0.3 is 5.32 Å². The summed E-state index contributed by atoms with van der Waals surface area (Å²) < 4.78 is 28.4. The fourth-order valence-electron chi connectivity index (χ4n) is 2.19. The summed E-state index contributed by atoms with van der Waals surface area (Å²) in [4.78, 5) is 0. The van der Waals surface area contributed by atoms with Gasteiger partial charge in [0.1, 0.15) is 11.6 Å². The molecule has 1 atom stereocenters. The van der Waals surface area contributed by atoms with Gasteiger partial charge >= 0.3 is 0 Å². The predicted molar refractivity (Wildman–Crippen MR) is 78.1 cm³/mol. The fraction of sp³-hybridized carbons (Fsp3) is 0.250. The summed E-state index contributed by atoms with van der Waals surface area (Å²) in [6.45, 7) is 4.12. The number of benzene rings is 2. The molecule has 0 spiro atoms. The second-order valence-electron chi connectivity index (χ2n) is 4.63. The van der Waals surface area contributed by atoms with Crippen molar-refractivity contribution in [2.24, 2.45) is 0 Å². The standard InChI is InChI=1S/C16H16ClF2N/c1-3-20-16(11-5-7-12(17)8-6-11)14-13(18)9-4-10(2)15(14)19/h4-9,16,20H,3H2,1-2H3. The number of rotatable bonds is 4. The van der Waals surface area contributed by atoms with E-state index in [1.165, 1.54) is 12.1 Å². The molecular formula is C16H16ClF2N. The Bertz CT molecular complexity index is 596. The van der Waals surface area contributed by atoms with Gasteiger partial charge in [-0.05, 0) is 42.8 Å². The third-order valence-corrected chi connectivity index (χ3v) is 3.47. The summed E-state index contributed by atoms with van der Waals surface area (Å²) in [5.74, 6) is -1.06. The van der Waals surface area contributed by atoms with E-state index in [1.54, 1.807) is 31.2 Å². The molecule has 106 valence electrons. The zero-order valence-corrected chi connectivity index (χ0v) is 12.1. The highest BCUT2D eigenvalue weighted by Crippen LogP contribution is 2.29. The zero-order chi connectivity index (χ0) is 14.7. The van der Waals surface area contributed by atoms with Crippen molar-refractivity contribution in [3.05, 3.63) is 69.7 Å². The van der Waals surface area contributed by atoms with E-state index in [-0.39, 0.29) is 5.56 Å². The summed E-state index contributed by atoms with van der Waals surface area (Å²) in [7, 11) is 0. The second kappa shape index (κ2) is 6.33. The van der Waals surface area contributed by atoms with E-state index in [0.29, 0.717) is 17.1 Å². The molecule has 0 saturated heterocycles. The van der Waals surface area contributed by atoms with Gasteiger partial charge in [-0.25, -0.2) is 8.78 Å². The molecule has 2 aromatic carbocycles. The van der Waals surface area contributed by atoms with Gasteiger partial charge in [0.25, 0.3) is 0 Å². The maximum Gasteiger partial charge on any atom is 0.134 e. The fourth-order valence-corrected chi connectivity index (χ4v) is 2.31. The average molecular weight is 296 g/mol. The number of hydrogen-bond acceptors (Lipinski definition) is 1. The monoisotopic (exact) mass is 295 g/mol. The van der Waals surface area contributed by atoms with Crippen molar-refractivity contribution in [3.63, 3.8) is 0 Å². The maximum absolute atomic E-state index is 14.3. The maximum atomic E-state index is 14.3. The highest BCUT2D eigenvalue weighted by Gasteiger charge is 2.22. The zero-order valence-electron chi connectivity index (χ0n) is 11.4. The molecule has 1 N–H and O–H groups in total. The van der Waals surface area contributed by atoms with E-state index in [4.69, 9.17) is 11.6 Å². The van der Waals surface area contributed by atoms with Crippen LogP contribution < -0.4 is 5.32 Å². The van der Waals surface area contributed by atoms with Gasteiger partial charge in [0.05, 0.1) is 6.04 Å². The summed E-state index contributed by atoms with van der Waals surface area (Å²) in [5.41, 5.74) is 1.26. The molecule has 0 amide bonds. The molecule has 0 bridgehead atoms. The van der Waals surface area contributed by atoms with E-state index in [2.05, 4.69) is 5.32 Å². The number of nitrogens with one attached hydrogen (secondary N) is 1. The van der Waals surface area contributed by atoms with Gasteiger partial charge in [0, 0.05) is 10.6 Å².